The van der Waals surface area contributed by atoms with Crippen LogP contribution in [0.1, 0.15) is 24.2 Å². The zero-order valence-corrected chi connectivity index (χ0v) is 11.4. The van der Waals surface area contributed by atoms with Crippen LogP contribution in [0.15, 0.2) is 29.2 Å². The summed E-state index contributed by atoms with van der Waals surface area (Å²) in [6.07, 6.45) is 0. The van der Waals surface area contributed by atoms with E-state index in [2.05, 4.69) is 5.32 Å². The fourth-order valence-electron chi connectivity index (χ4n) is 1.33. The van der Waals surface area contributed by atoms with Crippen molar-refractivity contribution in [2.24, 2.45) is 0 Å². The molecule has 0 heterocycles. The van der Waals surface area contributed by atoms with Gasteiger partial charge in [-0.1, -0.05) is 0 Å². The summed E-state index contributed by atoms with van der Waals surface area (Å²) in [6, 6.07) is 5.38. The molecule has 7 heteroatoms. The van der Waals surface area contributed by atoms with E-state index < -0.39 is 33.5 Å². The number of hydrogen-bond donors (Lipinski definition) is 2. The molecule has 104 valence electrons. The molecule has 6 nitrogen and oxygen atoms in total. The minimum Gasteiger partial charge on any atom is -0.480 e. The van der Waals surface area contributed by atoms with Crippen LogP contribution in [-0.4, -0.2) is 37.2 Å². The van der Waals surface area contributed by atoms with Gasteiger partial charge in [-0.2, -0.15) is 0 Å². The molecule has 0 aliphatic heterocycles. The molecular formula is C12H15NO5S. The average Bonchev–Trinajstić information content (AvgIpc) is 2.35. The third-order valence-electron chi connectivity index (χ3n) is 2.47. The summed E-state index contributed by atoms with van der Waals surface area (Å²) in [7, 11) is -3.37. The second-order valence-electron chi connectivity index (χ2n) is 4.19. The first kappa shape index (κ1) is 15.2. The molecule has 0 saturated carbocycles. The number of benzene rings is 1. The van der Waals surface area contributed by atoms with E-state index in [1.165, 1.54) is 24.3 Å². The predicted molar refractivity (Wildman–Crippen MR) is 68.7 cm³/mol. The Hall–Kier alpha value is -1.89. The normalized spacial score (nSPS) is 11.3. The maximum absolute atomic E-state index is 11.8. The Morgan fingerprint density at radius 2 is 1.74 bits per heavy atom. The van der Waals surface area contributed by atoms with Gasteiger partial charge in [0.2, 0.25) is 0 Å². The highest BCUT2D eigenvalue weighted by Gasteiger charge is 2.19. The van der Waals surface area contributed by atoms with E-state index in [9.17, 15) is 18.0 Å². The molecule has 0 saturated heterocycles. The van der Waals surface area contributed by atoms with Gasteiger partial charge in [-0.05, 0) is 38.1 Å². The molecule has 0 atom stereocenters. The lowest BCUT2D eigenvalue weighted by molar-refractivity contribution is -0.135. The molecule has 0 aliphatic rings. The number of carboxylic acids is 1. The Kier molecular flexibility index (Phi) is 4.66. The first-order valence-corrected chi connectivity index (χ1v) is 7.13. The van der Waals surface area contributed by atoms with Gasteiger partial charge in [0.25, 0.3) is 5.91 Å². The molecule has 19 heavy (non-hydrogen) atoms. The summed E-state index contributed by atoms with van der Waals surface area (Å²) in [6.45, 7) is 2.66. The number of carboxylic acid groups (broad SMARTS) is 1. The van der Waals surface area contributed by atoms with E-state index in [1.807, 2.05) is 0 Å². The number of carbonyl (C=O) groups excluding carboxylic acids is 1. The molecule has 0 radical (unpaired) electrons. The van der Waals surface area contributed by atoms with Crippen molar-refractivity contribution in [1.82, 2.24) is 5.32 Å². The number of sulfone groups is 1. The van der Waals surface area contributed by atoms with Gasteiger partial charge in [0, 0.05) is 5.56 Å². The minimum atomic E-state index is -3.37. The Balaban J connectivity index is 2.88. The molecular weight excluding hydrogens is 270 g/mol. The molecule has 2 N–H and O–H groups in total. The summed E-state index contributed by atoms with van der Waals surface area (Å²) >= 11 is 0. The van der Waals surface area contributed by atoms with Gasteiger partial charge in [0.15, 0.2) is 9.84 Å². The highest BCUT2D eigenvalue weighted by molar-refractivity contribution is 7.92. The molecule has 1 aromatic rings. The first-order chi connectivity index (χ1) is 8.75. The van der Waals surface area contributed by atoms with Gasteiger partial charge >= 0.3 is 5.97 Å². The van der Waals surface area contributed by atoms with Crippen molar-refractivity contribution in [3.05, 3.63) is 29.8 Å². The van der Waals surface area contributed by atoms with Gasteiger partial charge in [-0.15, -0.1) is 0 Å². The number of rotatable bonds is 5. The van der Waals surface area contributed by atoms with Crippen LogP contribution in [-0.2, 0) is 14.6 Å². The SMILES string of the molecule is CC(C)S(=O)(=O)c1ccc(C(=O)NCC(=O)O)cc1. The summed E-state index contributed by atoms with van der Waals surface area (Å²) in [5, 5.41) is 10.1. The molecule has 0 spiro atoms. The Labute approximate surface area is 111 Å². The van der Waals surface area contributed by atoms with E-state index in [0.717, 1.165) is 0 Å². The number of aliphatic carboxylic acids is 1. The van der Waals surface area contributed by atoms with Crippen LogP contribution in [0.25, 0.3) is 0 Å². The number of amides is 1. The molecule has 1 rings (SSSR count). The molecule has 0 fully saturated rings. The Bertz CT molecular complexity index is 575. The zero-order chi connectivity index (χ0) is 14.6. The quantitative estimate of drug-likeness (QED) is 0.828. The molecule has 1 aromatic carbocycles. The summed E-state index contributed by atoms with van der Waals surface area (Å²) in [5.74, 6) is -1.71. The van der Waals surface area contributed by atoms with Crippen LogP contribution in [0.5, 0.6) is 0 Å². The van der Waals surface area contributed by atoms with Crippen LogP contribution in [0.4, 0.5) is 0 Å². The van der Waals surface area contributed by atoms with Crippen LogP contribution in [0.3, 0.4) is 0 Å². The number of nitrogens with one attached hydrogen (secondary N) is 1. The predicted octanol–water partition coefficient (Wildman–Crippen LogP) is 0.683. The van der Waals surface area contributed by atoms with Crippen LogP contribution in [0.2, 0.25) is 0 Å². The van der Waals surface area contributed by atoms with Crippen molar-refractivity contribution in [2.75, 3.05) is 6.54 Å². The van der Waals surface area contributed by atoms with Crippen LogP contribution < -0.4 is 5.32 Å². The second kappa shape index (κ2) is 5.83. The third-order valence-corrected chi connectivity index (χ3v) is 4.64. The van der Waals surface area contributed by atoms with Crippen molar-refractivity contribution >= 4 is 21.7 Å². The summed E-state index contributed by atoms with van der Waals surface area (Å²) < 4.78 is 23.7. The Morgan fingerprint density at radius 1 is 1.21 bits per heavy atom. The van der Waals surface area contributed by atoms with Gasteiger partial charge in [-0.3, -0.25) is 9.59 Å². The zero-order valence-electron chi connectivity index (χ0n) is 10.6. The van der Waals surface area contributed by atoms with Crippen molar-refractivity contribution in [2.45, 2.75) is 24.0 Å². The van der Waals surface area contributed by atoms with Crippen molar-refractivity contribution in [3.8, 4) is 0 Å². The first-order valence-electron chi connectivity index (χ1n) is 5.59. The smallest absolute Gasteiger partial charge is 0.322 e. The molecule has 0 bridgehead atoms. The van der Waals surface area contributed by atoms with Crippen molar-refractivity contribution in [3.63, 3.8) is 0 Å². The van der Waals surface area contributed by atoms with E-state index in [-0.39, 0.29) is 10.5 Å². The highest BCUT2D eigenvalue weighted by atomic mass is 32.2. The van der Waals surface area contributed by atoms with Gasteiger partial charge in [0.1, 0.15) is 6.54 Å². The minimum absolute atomic E-state index is 0.136. The van der Waals surface area contributed by atoms with E-state index >= 15 is 0 Å². The second-order valence-corrected chi connectivity index (χ2v) is 6.70. The lowest BCUT2D eigenvalue weighted by atomic mass is 10.2. The Morgan fingerprint density at radius 3 is 2.16 bits per heavy atom. The topological polar surface area (TPSA) is 101 Å². The monoisotopic (exact) mass is 285 g/mol. The fraction of sp³-hybridized carbons (Fsp3) is 0.333. The van der Waals surface area contributed by atoms with Crippen molar-refractivity contribution in [1.29, 1.82) is 0 Å². The number of carbonyl (C=O) groups is 2. The maximum atomic E-state index is 11.8. The van der Waals surface area contributed by atoms with E-state index in [4.69, 9.17) is 5.11 Å². The maximum Gasteiger partial charge on any atom is 0.322 e. The summed E-state index contributed by atoms with van der Waals surface area (Å²) in [5.41, 5.74) is 0.212. The lowest BCUT2D eigenvalue weighted by Gasteiger charge is -2.08. The molecule has 0 aromatic heterocycles. The average molecular weight is 285 g/mol. The highest BCUT2D eigenvalue weighted by Crippen LogP contribution is 2.16. The van der Waals surface area contributed by atoms with E-state index in [0.29, 0.717) is 0 Å². The molecule has 0 aliphatic carbocycles. The molecule has 1 amide bonds. The fourth-order valence-corrected chi connectivity index (χ4v) is 2.39. The van der Waals surface area contributed by atoms with Crippen molar-refractivity contribution < 1.29 is 23.1 Å². The van der Waals surface area contributed by atoms with Gasteiger partial charge < -0.3 is 10.4 Å². The lowest BCUT2D eigenvalue weighted by Crippen LogP contribution is -2.29. The van der Waals surface area contributed by atoms with Gasteiger partial charge in [-0.25, -0.2) is 8.42 Å². The standard InChI is InChI=1S/C12H15NO5S/c1-8(2)19(17,18)10-5-3-9(4-6-10)12(16)13-7-11(14)15/h3-6,8H,7H2,1-2H3,(H,13,16)(H,14,15). The summed E-state index contributed by atoms with van der Waals surface area (Å²) in [4.78, 5) is 22.0. The van der Waals surface area contributed by atoms with Gasteiger partial charge in [0.05, 0.1) is 10.1 Å². The largest absolute Gasteiger partial charge is 0.480 e. The van der Waals surface area contributed by atoms with Crippen LogP contribution >= 0.6 is 0 Å². The molecule has 0 unspecified atom stereocenters. The van der Waals surface area contributed by atoms with Crippen LogP contribution in [0, 0.1) is 0 Å². The third kappa shape index (κ3) is 3.78. The van der Waals surface area contributed by atoms with E-state index in [1.54, 1.807) is 13.8 Å². The number of hydrogen-bond acceptors (Lipinski definition) is 4.